The molecule has 0 unspecified atom stereocenters. The van der Waals surface area contributed by atoms with Gasteiger partial charge in [-0.3, -0.25) is 0 Å². The van der Waals surface area contributed by atoms with Crippen molar-refractivity contribution in [2.75, 3.05) is 38.1 Å². The van der Waals surface area contributed by atoms with E-state index in [4.69, 9.17) is 0 Å². The van der Waals surface area contributed by atoms with Gasteiger partial charge in [-0.05, 0) is 26.8 Å². The molecule has 0 aliphatic heterocycles. The van der Waals surface area contributed by atoms with Gasteiger partial charge < -0.3 is 30.6 Å². The van der Waals surface area contributed by atoms with Crippen molar-refractivity contribution in [2.24, 2.45) is 0 Å². The second-order valence-corrected chi connectivity index (χ2v) is 13.7. The molecule has 0 aromatic carbocycles. The molecule has 20 heavy (non-hydrogen) atoms. The van der Waals surface area contributed by atoms with Gasteiger partial charge in [0, 0.05) is 0 Å². The summed E-state index contributed by atoms with van der Waals surface area (Å²) in [7, 11) is -4.86. The van der Waals surface area contributed by atoms with Gasteiger partial charge in [-0.15, -0.1) is 0 Å². The van der Waals surface area contributed by atoms with Crippen molar-refractivity contribution in [1.29, 1.82) is 0 Å². The van der Waals surface area contributed by atoms with Crippen molar-refractivity contribution in [2.45, 2.75) is 25.9 Å². The van der Waals surface area contributed by atoms with Crippen LogP contribution in [0.5, 0.6) is 0 Å². The molecular weight excluding hydrogens is 302 g/mol. The molecule has 6 N–H and O–H groups in total. The second-order valence-electron chi connectivity index (χ2n) is 5.58. The van der Waals surface area contributed by atoms with E-state index in [1.54, 1.807) is 26.8 Å². The Morgan fingerprint density at radius 2 is 1.15 bits per heavy atom. The van der Waals surface area contributed by atoms with E-state index in [9.17, 15) is 30.6 Å². The Bertz CT molecular complexity index is 307. The largest absolute Gasteiger partial charge is 0.361 e. The fraction of sp³-hybridized carbons (Fsp3) is 0.833. The molecule has 0 saturated heterocycles. The minimum atomic E-state index is -2.43. The van der Waals surface area contributed by atoms with Crippen LogP contribution in [-0.2, 0) is 0 Å². The highest BCUT2D eigenvalue weighted by Crippen LogP contribution is 2.70. The van der Waals surface area contributed by atoms with Gasteiger partial charge in [-0.1, -0.05) is 0 Å². The van der Waals surface area contributed by atoms with Crippen LogP contribution in [-0.4, -0.2) is 73.9 Å². The second kappa shape index (κ2) is 8.11. The summed E-state index contributed by atoms with van der Waals surface area (Å²) >= 11 is 0. The number of rotatable bonds is 9. The number of aliphatic hydroxyl groups excluding tert-OH is 6. The molecule has 0 saturated carbocycles. The van der Waals surface area contributed by atoms with Gasteiger partial charge in [-0.25, -0.2) is 0 Å². The topological polar surface area (TPSA) is 121 Å². The number of hydrogen-bond donors (Lipinski definition) is 6. The summed E-state index contributed by atoms with van der Waals surface area (Å²) < 4.78 is 0. The molecule has 6 nitrogen and oxygen atoms in total. The maximum atomic E-state index is 9.56. The van der Waals surface area contributed by atoms with Crippen LogP contribution < -0.4 is 0 Å². The molecule has 0 aliphatic rings. The van der Waals surface area contributed by atoms with E-state index >= 15 is 0 Å². The molecule has 0 rings (SSSR count). The number of allylic oxidation sites excluding steroid dienone is 2. The van der Waals surface area contributed by atoms with E-state index in [-0.39, 0.29) is 38.1 Å². The first kappa shape index (κ1) is 20.4. The fourth-order valence-corrected chi connectivity index (χ4v) is 5.40. The van der Waals surface area contributed by atoms with E-state index in [0.717, 1.165) is 0 Å². The van der Waals surface area contributed by atoms with Gasteiger partial charge in [-0.2, -0.15) is 0 Å². The first-order valence-corrected chi connectivity index (χ1v) is 11.0. The Morgan fingerprint density at radius 3 is 1.40 bits per heavy atom. The van der Waals surface area contributed by atoms with E-state index in [1.165, 1.54) is 0 Å². The minimum Gasteiger partial charge on any atom is -0.361 e. The van der Waals surface area contributed by atoms with E-state index in [0.29, 0.717) is 5.31 Å². The SMILES string of the molecule is C/C(=C\C(C)(C)[P+](CO)(CO)CO)[P+](CO)(CO)CO. The van der Waals surface area contributed by atoms with Crippen molar-refractivity contribution in [1.82, 2.24) is 0 Å². The molecule has 0 aliphatic carbocycles. The van der Waals surface area contributed by atoms with Crippen molar-refractivity contribution in [3.8, 4) is 0 Å². The maximum Gasteiger partial charge on any atom is 0.163 e. The maximum absolute atomic E-state index is 9.56. The van der Waals surface area contributed by atoms with E-state index in [2.05, 4.69) is 0 Å². The van der Waals surface area contributed by atoms with Crippen molar-refractivity contribution in [3.05, 3.63) is 11.4 Å². The third-order valence-electron chi connectivity index (χ3n) is 4.16. The predicted octanol–water partition coefficient (Wildman–Crippen LogP) is 0.403. The molecule has 8 heteroatoms. The standard InChI is InChI=1S/C12H28O6P2/c1-11(19(5-13,6-14)7-15)4-12(2,3)20(8-16,9-17)10-18/h4,13-18H,5-10H2,1-3H3/q+2/b11-4+. The van der Waals surface area contributed by atoms with Crippen LogP contribution in [0.15, 0.2) is 11.4 Å². The molecule has 0 heterocycles. The Morgan fingerprint density at radius 1 is 0.800 bits per heavy atom. The first-order valence-electron chi connectivity index (χ1n) is 6.32. The van der Waals surface area contributed by atoms with Gasteiger partial charge >= 0.3 is 0 Å². The summed E-state index contributed by atoms with van der Waals surface area (Å²) in [6, 6.07) is 0. The summed E-state index contributed by atoms with van der Waals surface area (Å²) in [5.74, 6) is 0. The van der Waals surface area contributed by atoms with Crippen molar-refractivity contribution < 1.29 is 30.6 Å². The zero-order valence-corrected chi connectivity index (χ0v) is 14.2. The molecule has 0 aromatic rings. The molecule has 120 valence electrons. The zero-order chi connectivity index (χ0) is 16.0. The normalized spacial score (nSPS) is 14.8. The summed E-state index contributed by atoms with van der Waals surface area (Å²) in [5, 5.41) is 57.1. The van der Waals surface area contributed by atoms with E-state index in [1.807, 2.05) is 0 Å². The number of aliphatic hydroxyl groups is 6. The molecule has 0 radical (unpaired) electrons. The Kier molecular flexibility index (Phi) is 8.26. The van der Waals surface area contributed by atoms with Crippen LogP contribution in [0.1, 0.15) is 20.8 Å². The summed E-state index contributed by atoms with van der Waals surface area (Å²) in [6.07, 6.45) is -0.0254. The van der Waals surface area contributed by atoms with Crippen LogP contribution in [0.25, 0.3) is 0 Å². The van der Waals surface area contributed by atoms with Crippen molar-refractivity contribution in [3.63, 3.8) is 0 Å². The molecule has 0 aromatic heterocycles. The minimum absolute atomic E-state index is 0.292. The predicted molar refractivity (Wildman–Crippen MR) is 84.2 cm³/mol. The summed E-state index contributed by atoms with van der Waals surface area (Å²) in [4.78, 5) is 0. The van der Waals surface area contributed by atoms with Crippen LogP contribution >= 0.6 is 14.5 Å². The van der Waals surface area contributed by atoms with Crippen LogP contribution in [0.4, 0.5) is 0 Å². The summed E-state index contributed by atoms with van der Waals surface area (Å²) in [5.41, 5.74) is 0. The molecule has 0 atom stereocenters. The monoisotopic (exact) mass is 330 g/mol. The molecule has 0 bridgehead atoms. The smallest absolute Gasteiger partial charge is 0.163 e. The number of hydrogen-bond acceptors (Lipinski definition) is 6. The van der Waals surface area contributed by atoms with E-state index < -0.39 is 19.7 Å². The Hall–Kier alpha value is 0.360. The molecule has 0 spiro atoms. The lowest BCUT2D eigenvalue weighted by Gasteiger charge is -2.35. The van der Waals surface area contributed by atoms with Crippen LogP contribution in [0, 0.1) is 0 Å². The molecule has 0 fully saturated rings. The Balaban J connectivity index is 5.67. The lowest BCUT2D eigenvalue weighted by molar-refractivity contribution is 0.306. The first-order chi connectivity index (χ1) is 9.24. The Labute approximate surface area is 121 Å². The third-order valence-corrected chi connectivity index (χ3v) is 11.6. The average Bonchev–Trinajstić information content (AvgIpc) is 2.43. The molecule has 0 amide bonds. The molecular formula is C12H28O6P2+2. The van der Waals surface area contributed by atoms with Crippen LogP contribution in [0.3, 0.4) is 0 Å². The average molecular weight is 330 g/mol. The van der Waals surface area contributed by atoms with Crippen molar-refractivity contribution >= 4 is 14.5 Å². The van der Waals surface area contributed by atoms with Gasteiger partial charge in [0.25, 0.3) is 0 Å². The lowest BCUT2D eigenvalue weighted by Crippen LogP contribution is -2.29. The highest BCUT2D eigenvalue weighted by atomic mass is 31.2. The van der Waals surface area contributed by atoms with Gasteiger partial charge in [0.15, 0.2) is 38.1 Å². The third kappa shape index (κ3) is 3.76. The zero-order valence-electron chi connectivity index (χ0n) is 12.4. The van der Waals surface area contributed by atoms with Gasteiger partial charge in [0.05, 0.1) is 5.31 Å². The summed E-state index contributed by atoms with van der Waals surface area (Å²) in [6.45, 7) is 5.32. The van der Waals surface area contributed by atoms with Gasteiger partial charge in [0.2, 0.25) is 0 Å². The lowest BCUT2D eigenvalue weighted by atomic mass is 10.2. The fourth-order valence-electron chi connectivity index (χ4n) is 1.93. The highest BCUT2D eigenvalue weighted by molar-refractivity contribution is 7.79. The van der Waals surface area contributed by atoms with Gasteiger partial charge in [0.1, 0.15) is 19.7 Å². The quantitative estimate of drug-likeness (QED) is 0.340. The van der Waals surface area contributed by atoms with Crippen LogP contribution in [0.2, 0.25) is 0 Å². The highest BCUT2D eigenvalue weighted by Gasteiger charge is 2.52.